The van der Waals surface area contributed by atoms with Gasteiger partial charge in [0, 0.05) is 31.0 Å². The lowest BCUT2D eigenvalue weighted by Gasteiger charge is -2.08. The standard InChI is InChI=1S/C11H17N3O2.ClH/c1-8(2)12-7-10(15)13-9-4-5-14(3)11(16)6-9;/h4-6,8,12H,7H2,1-3H3,(H,13,15);1H. The number of nitrogens with one attached hydrogen (secondary N) is 2. The van der Waals surface area contributed by atoms with Gasteiger partial charge in [-0.2, -0.15) is 0 Å². The maximum absolute atomic E-state index is 11.4. The van der Waals surface area contributed by atoms with Crippen molar-refractivity contribution in [2.75, 3.05) is 11.9 Å². The SMILES string of the molecule is CC(C)NCC(=O)Nc1ccn(C)c(=O)c1.Cl. The van der Waals surface area contributed by atoms with Gasteiger partial charge in [-0.05, 0) is 6.07 Å². The van der Waals surface area contributed by atoms with Crippen LogP contribution in [0.2, 0.25) is 0 Å². The normalized spacial score (nSPS) is 9.88. The molecule has 1 amide bonds. The molecule has 5 nitrogen and oxygen atoms in total. The highest BCUT2D eigenvalue weighted by molar-refractivity contribution is 5.92. The predicted octanol–water partition coefficient (Wildman–Crippen LogP) is 0.744. The molecule has 0 aliphatic rings. The molecule has 0 fully saturated rings. The van der Waals surface area contributed by atoms with Crippen LogP contribution >= 0.6 is 12.4 Å². The topological polar surface area (TPSA) is 63.1 Å². The summed E-state index contributed by atoms with van der Waals surface area (Å²) in [6.45, 7) is 4.17. The molecule has 1 aromatic heterocycles. The average Bonchev–Trinajstić information content (AvgIpc) is 2.21. The van der Waals surface area contributed by atoms with Crippen molar-refractivity contribution in [1.82, 2.24) is 9.88 Å². The molecule has 0 aromatic carbocycles. The monoisotopic (exact) mass is 259 g/mol. The molecule has 2 N–H and O–H groups in total. The molecule has 0 radical (unpaired) electrons. The van der Waals surface area contributed by atoms with E-state index in [0.29, 0.717) is 5.69 Å². The van der Waals surface area contributed by atoms with Crippen molar-refractivity contribution >= 4 is 24.0 Å². The zero-order valence-electron chi connectivity index (χ0n) is 10.2. The number of rotatable bonds is 4. The third-order valence-electron chi connectivity index (χ3n) is 2.06. The molecule has 0 atom stereocenters. The van der Waals surface area contributed by atoms with Gasteiger partial charge < -0.3 is 15.2 Å². The quantitative estimate of drug-likeness (QED) is 0.839. The summed E-state index contributed by atoms with van der Waals surface area (Å²) in [7, 11) is 1.66. The summed E-state index contributed by atoms with van der Waals surface area (Å²) >= 11 is 0. The molecular formula is C11H18ClN3O2. The fourth-order valence-corrected chi connectivity index (χ4v) is 1.13. The first kappa shape index (κ1) is 15.7. The van der Waals surface area contributed by atoms with Crippen LogP contribution in [-0.4, -0.2) is 23.1 Å². The van der Waals surface area contributed by atoms with Crippen molar-refractivity contribution in [2.24, 2.45) is 7.05 Å². The zero-order valence-corrected chi connectivity index (χ0v) is 11.0. The highest BCUT2D eigenvalue weighted by Gasteiger charge is 2.03. The van der Waals surface area contributed by atoms with E-state index in [0.717, 1.165) is 0 Å². The van der Waals surface area contributed by atoms with Crippen molar-refractivity contribution in [3.8, 4) is 0 Å². The molecule has 0 saturated heterocycles. The van der Waals surface area contributed by atoms with E-state index >= 15 is 0 Å². The van der Waals surface area contributed by atoms with Gasteiger partial charge in [0.1, 0.15) is 0 Å². The molecule has 1 heterocycles. The number of carbonyl (C=O) groups excluding carboxylic acids is 1. The minimum atomic E-state index is -0.151. The number of hydrogen-bond acceptors (Lipinski definition) is 3. The van der Waals surface area contributed by atoms with Crippen LogP contribution in [0.3, 0.4) is 0 Å². The molecule has 0 saturated carbocycles. The number of aryl methyl sites for hydroxylation is 1. The summed E-state index contributed by atoms with van der Waals surface area (Å²) in [6.07, 6.45) is 1.62. The smallest absolute Gasteiger partial charge is 0.252 e. The van der Waals surface area contributed by atoms with E-state index < -0.39 is 0 Å². The number of amides is 1. The number of pyridine rings is 1. The minimum absolute atomic E-state index is 0. The summed E-state index contributed by atoms with van der Waals surface area (Å²) in [4.78, 5) is 22.7. The number of anilines is 1. The third-order valence-corrected chi connectivity index (χ3v) is 2.06. The average molecular weight is 260 g/mol. The van der Waals surface area contributed by atoms with E-state index in [4.69, 9.17) is 0 Å². The maximum Gasteiger partial charge on any atom is 0.252 e. The Balaban J connectivity index is 0.00000256. The Morgan fingerprint density at radius 3 is 2.65 bits per heavy atom. The summed E-state index contributed by atoms with van der Waals surface area (Å²) in [6, 6.07) is 3.34. The second kappa shape index (κ2) is 7.09. The second-order valence-electron chi connectivity index (χ2n) is 3.95. The molecule has 1 rings (SSSR count). The first-order valence-electron chi connectivity index (χ1n) is 5.19. The van der Waals surface area contributed by atoms with Gasteiger partial charge in [0.05, 0.1) is 6.54 Å². The molecule has 96 valence electrons. The predicted molar refractivity (Wildman–Crippen MR) is 70.7 cm³/mol. The van der Waals surface area contributed by atoms with Crippen LogP contribution in [-0.2, 0) is 11.8 Å². The van der Waals surface area contributed by atoms with Crippen molar-refractivity contribution in [3.63, 3.8) is 0 Å². The summed E-state index contributed by atoms with van der Waals surface area (Å²) in [5.41, 5.74) is 0.383. The van der Waals surface area contributed by atoms with Gasteiger partial charge >= 0.3 is 0 Å². The number of nitrogens with zero attached hydrogens (tertiary/aromatic N) is 1. The van der Waals surface area contributed by atoms with Crippen LogP contribution in [0.4, 0.5) is 5.69 Å². The van der Waals surface area contributed by atoms with Gasteiger partial charge in [-0.15, -0.1) is 12.4 Å². The summed E-state index contributed by atoms with van der Waals surface area (Å²) < 4.78 is 1.45. The van der Waals surface area contributed by atoms with E-state index in [-0.39, 0.29) is 36.5 Å². The largest absolute Gasteiger partial charge is 0.325 e. The van der Waals surface area contributed by atoms with Crippen molar-refractivity contribution in [3.05, 3.63) is 28.7 Å². The van der Waals surface area contributed by atoms with Crippen molar-refractivity contribution in [2.45, 2.75) is 19.9 Å². The minimum Gasteiger partial charge on any atom is -0.325 e. The highest BCUT2D eigenvalue weighted by atomic mass is 35.5. The van der Waals surface area contributed by atoms with Crippen LogP contribution in [0.1, 0.15) is 13.8 Å². The van der Waals surface area contributed by atoms with Gasteiger partial charge in [-0.1, -0.05) is 13.8 Å². The molecule has 0 aliphatic heterocycles. The number of aromatic nitrogens is 1. The molecule has 17 heavy (non-hydrogen) atoms. The molecule has 0 spiro atoms. The van der Waals surface area contributed by atoms with Gasteiger partial charge in [0.25, 0.3) is 5.56 Å². The molecule has 6 heteroatoms. The Morgan fingerprint density at radius 2 is 2.12 bits per heavy atom. The van der Waals surface area contributed by atoms with Gasteiger partial charge in [0.15, 0.2) is 0 Å². The number of hydrogen-bond donors (Lipinski definition) is 2. The van der Waals surface area contributed by atoms with Gasteiger partial charge in [0.2, 0.25) is 5.91 Å². The Labute approximate surface area is 107 Å². The van der Waals surface area contributed by atoms with Gasteiger partial charge in [-0.25, -0.2) is 0 Å². The van der Waals surface area contributed by atoms with Gasteiger partial charge in [-0.3, -0.25) is 9.59 Å². The molecule has 0 unspecified atom stereocenters. The Kier molecular flexibility index (Phi) is 6.53. The van der Waals surface area contributed by atoms with E-state index in [9.17, 15) is 9.59 Å². The fourth-order valence-electron chi connectivity index (χ4n) is 1.13. The van der Waals surface area contributed by atoms with Crippen molar-refractivity contribution < 1.29 is 4.79 Å². The fraction of sp³-hybridized carbons (Fsp3) is 0.455. The Morgan fingerprint density at radius 1 is 1.47 bits per heavy atom. The highest BCUT2D eigenvalue weighted by Crippen LogP contribution is 2.00. The lowest BCUT2D eigenvalue weighted by atomic mass is 10.3. The second-order valence-corrected chi connectivity index (χ2v) is 3.95. The molecular weight excluding hydrogens is 242 g/mol. The number of carbonyl (C=O) groups is 1. The first-order valence-corrected chi connectivity index (χ1v) is 5.19. The molecule has 1 aromatic rings. The van der Waals surface area contributed by atoms with E-state index in [2.05, 4.69) is 10.6 Å². The molecule has 0 aliphatic carbocycles. The van der Waals surface area contributed by atoms with Crippen molar-refractivity contribution in [1.29, 1.82) is 0 Å². The van der Waals surface area contributed by atoms with Crippen LogP contribution in [0.25, 0.3) is 0 Å². The summed E-state index contributed by atoms with van der Waals surface area (Å²) in [5.74, 6) is -0.151. The third kappa shape index (κ3) is 5.51. The van der Waals surface area contributed by atoms with Crippen LogP contribution in [0, 0.1) is 0 Å². The van der Waals surface area contributed by atoms with E-state index in [1.165, 1.54) is 10.6 Å². The Hall–Kier alpha value is -1.33. The van der Waals surface area contributed by atoms with E-state index in [1.807, 2.05) is 13.8 Å². The Bertz CT molecular complexity index is 429. The zero-order chi connectivity index (χ0) is 12.1. The molecule has 0 bridgehead atoms. The van der Waals surface area contributed by atoms with Crippen LogP contribution in [0.15, 0.2) is 23.1 Å². The maximum atomic E-state index is 11.4. The van der Waals surface area contributed by atoms with E-state index in [1.54, 1.807) is 19.3 Å². The van der Waals surface area contributed by atoms with Crippen LogP contribution in [0.5, 0.6) is 0 Å². The summed E-state index contributed by atoms with van der Waals surface area (Å²) in [5, 5.41) is 5.65. The first-order chi connectivity index (χ1) is 7.49. The lowest BCUT2D eigenvalue weighted by molar-refractivity contribution is -0.115. The number of halogens is 1. The lowest BCUT2D eigenvalue weighted by Crippen LogP contribution is -2.32. The van der Waals surface area contributed by atoms with Crippen LogP contribution < -0.4 is 16.2 Å².